The minimum atomic E-state index is 0.379. The molecule has 1 aliphatic heterocycles. The van der Waals surface area contributed by atoms with Gasteiger partial charge < -0.3 is 9.75 Å². The Morgan fingerprint density at radius 2 is 2.06 bits per heavy atom. The second-order valence-corrected chi connectivity index (χ2v) is 4.88. The van der Waals surface area contributed by atoms with E-state index in [2.05, 4.69) is 14.7 Å². The van der Waals surface area contributed by atoms with Gasteiger partial charge in [-0.1, -0.05) is 11.6 Å². The Labute approximate surface area is 115 Å². The summed E-state index contributed by atoms with van der Waals surface area (Å²) >= 11 is 12.0. The summed E-state index contributed by atoms with van der Waals surface area (Å²) in [6.07, 6.45) is 0. The SMILES string of the molecule is ClCc1nc2cc(Cl)ccc2n1N1CCOCC1. The third-order valence-corrected chi connectivity index (χ3v) is 3.52. The van der Waals surface area contributed by atoms with Crippen molar-refractivity contribution >= 4 is 34.2 Å². The van der Waals surface area contributed by atoms with Crippen LogP contribution in [0.4, 0.5) is 0 Å². The van der Waals surface area contributed by atoms with Crippen LogP contribution in [0.2, 0.25) is 5.02 Å². The number of benzene rings is 1. The number of fused-ring (bicyclic) bond motifs is 1. The molecular formula is C12H13Cl2N3O. The smallest absolute Gasteiger partial charge is 0.143 e. The molecule has 0 N–H and O–H groups in total. The largest absolute Gasteiger partial charge is 0.378 e. The summed E-state index contributed by atoms with van der Waals surface area (Å²) in [6.45, 7) is 3.15. The van der Waals surface area contributed by atoms with Gasteiger partial charge >= 0.3 is 0 Å². The number of ether oxygens (including phenoxy) is 1. The van der Waals surface area contributed by atoms with E-state index in [1.54, 1.807) is 0 Å². The van der Waals surface area contributed by atoms with Crippen LogP contribution in [0.5, 0.6) is 0 Å². The number of hydrogen-bond acceptors (Lipinski definition) is 3. The molecule has 0 radical (unpaired) electrons. The fraction of sp³-hybridized carbons (Fsp3) is 0.417. The molecule has 2 aromatic rings. The van der Waals surface area contributed by atoms with E-state index in [9.17, 15) is 0 Å². The second kappa shape index (κ2) is 4.96. The van der Waals surface area contributed by atoms with Gasteiger partial charge in [-0.3, -0.25) is 0 Å². The Morgan fingerprint density at radius 3 is 2.78 bits per heavy atom. The summed E-state index contributed by atoms with van der Waals surface area (Å²) in [4.78, 5) is 4.53. The van der Waals surface area contributed by atoms with Gasteiger partial charge in [0.25, 0.3) is 0 Å². The van der Waals surface area contributed by atoms with Gasteiger partial charge in [0.1, 0.15) is 5.82 Å². The molecule has 0 saturated carbocycles. The van der Waals surface area contributed by atoms with Crippen molar-refractivity contribution in [1.82, 2.24) is 9.66 Å². The molecule has 1 aliphatic rings. The Hall–Kier alpha value is -0.970. The lowest BCUT2D eigenvalue weighted by atomic mass is 10.3. The van der Waals surface area contributed by atoms with Crippen LogP contribution < -0.4 is 5.01 Å². The van der Waals surface area contributed by atoms with Crippen molar-refractivity contribution in [3.8, 4) is 0 Å². The Bertz CT molecular complexity index is 564. The number of halogens is 2. The fourth-order valence-corrected chi connectivity index (χ4v) is 2.59. The van der Waals surface area contributed by atoms with Crippen molar-refractivity contribution in [3.63, 3.8) is 0 Å². The average Bonchev–Trinajstić information content (AvgIpc) is 2.77. The van der Waals surface area contributed by atoms with E-state index in [1.165, 1.54) is 0 Å². The van der Waals surface area contributed by atoms with Crippen LogP contribution in [0.1, 0.15) is 5.82 Å². The number of hydrogen-bond donors (Lipinski definition) is 0. The Morgan fingerprint density at radius 1 is 1.28 bits per heavy atom. The molecule has 3 rings (SSSR count). The maximum absolute atomic E-state index is 5.99. The highest BCUT2D eigenvalue weighted by atomic mass is 35.5. The van der Waals surface area contributed by atoms with E-state index in [0.717, 1.165) is 43.2 Å². The molecule has 1 aromatic carbocycles. The average molecular weight is 286 g/mol. The van der Waals surface area contributed by atoms with E-state index in [1.807, 2.05) is 18.2 Å². The zero-order valence-corrected chi connectivity index (χ0v) is 11.3. The van der Waals surface area contributed by atoms with Gasteiger partial charge in [0.2, 0.25) is 0 Å². The third-order valence-electron chi connectivity index (χ3n) is 3.05. The summed E-state index contributed by atoms with van der Waals surface area (Å²) in [5.41, 5.74) is 1.92. The summed E-state index contributed by atoms with van der Waals surface area (Å²) < 4.78 is 7.46. The van der Waals surface area contributed by atoms with Crippen LogP contribution in [0, 0.1) is 0 Å². The predicted octanol–water partition coefficient (Wildman–Crippen LogP) is 2.40. The highest BCUT2D eigenvalue weighted by molar-refractivity contribution is 6.31. The third kappa shape index (κ3) is 2.05. The minimum Gasteiger partial charge on any atom is -0.378 e. The van der Waals surface area contributed by atoms with Crippen LogP contribution in [0.25, 0.3) is 11.0 Å². The van der Waals surface area contributed by atoms with Gasteiger partial charge in [-0.15, -0.1) is 11.6 Å². The van der Waals surface area contributed by atoms with Gasteiger partial charge in [-0.25, -0.2) is 9.66 Å². The fourth-order valence-electron chi connectivity index (χ4n) is 2.25. The van der Waals surface area contributed by atoms with Crippen molar-refractivity contribution in [2.75, 3.05) is 31.3 Å². The van der Waals surface area contributed by atoms with Crippen LogP contribution in [0.3, 0.4) is 0 Å². The molecule has 4 nitrogen and oxygen atoms in total. The Balaban J connectivity index is 2.12. The molecule has 0 bridgehead atoms. The van der Waals surface area contributed by atoms with E-state index in [0.29, 0.717) is 10.9 Å². The normalized spacial score (nSPS) is 16.4. The first-order valence-corrected chi connectivity index (χ1v) is 6.76. The monoisotopic (exact) mass is 285 g/mol. The van der Waals surface area contributed by atoms with Gasteiger partial charge in [-0.2, -0.15) is 0 Å². The molecule has 6 heteroatoms. The predicted molar refractivity (Wildman–Crippen MR) is 73.1 cm³/mol. The minimum absolute atomic E-state index is 0.379. The van der Waals surface area contributed by atoms with Crippen molar-refractivity contribution in [2.24, 2.45) is 0 Å². The van der Waals surface area contributed by atoms with Crippen LogP contribution in [0.15, 0.2) is 18.2 Å². The molecule has 0 spiro atoms. The van der Waals surface area contributed by atoms with Crippen LogP contribution >= 0.6 is 23.2 Å². The molecule has 0 aliphatic carbocycles. The zero-order valence-electron chi connectivity index (χ0n) is 9.77. The standard InChI is InChI=1S/C12H13Cl2N3O/c13-8-12-15-10-7-9(14)1-2-11(10)17(12)16-3-5-18-6-4-16/h1-2,7H,3-6,8H2. The van der Waals surface area contributed by atoms with Gasteiger partial charge in [-0.05, 0) is 18.2 Å². The molecule has 0 atom stereocenters. The summed E-state index contributed by atoms with van der Waals surface area (Å²) in [6, 6.07) is 5.72. The molecule has 0 unspecified atom stereocenters. The van der Waals surface area contributed by atoms with Gasteiger partial charge in [0, 0.05) is 5.02 Å². The van der Waals surface area contributed by atoms with E-state index in [4.69, 9.17) is 27.9 Å². The van der Waals surface area contributed by atoms with Crippen molar-refractivity contribution in [1.29, 1.82) is 0 Å². The summed E-state index contributed by atoms with van der Waals surface area (Å²) in [7, 11) is 0. The number of rotatable bonds is 2. The number of imidazole rings is 1. The van der Waals surface area contributed by atoms with E-state index < -0.39 is 0 Å². The number of aromatic nitrogens is 2. The summed E-state index contributed by atoms with van der Waals surface area (Å²) in [5, 5.41) is 2.90. The molecule has 2 heterocycles. The molecule has 1 aromatic heterocycles. The molecule has 1 saturated heterocycles. The number of morpholine rings is 1. The van der Waals surface area contributed by atoms with Gasteiger partial charge in [0.15, 0.2) is 0 Å². The second-order valence-electron chi connectivity index (χ2n) is 4.17. The first-order valence-electron chi connectivity index (χ1n) is 5.85. The van der Waals surface area contributed by atoms with Gasteiger partial charge in [0.05, 0.1) is 43.2 Å². The molecular weight excluding hydrogens is 273 g/mol. The number of nitrogens with zero attached hydrogens (tertiary/aromatic N) is 3. The zero-order chi connectivity index (χ0) is 12.5. The quantitative estimate of drug-likeness (QED) is 0.794. The lowest BCUT2D eigenvalue weighted by molar-refractivity contribution is 0.111. The highest BCUT2D eigenvalue weighted by Crippen LogP contribution is 2.22. The molecule has 96 valence electrons. The molecule has 0 amide bonds. The van der Waals surface area contributed by atoms with Crippen LogP contribution in [-0.4, -0.2) is 36.0 Å². The van der Waals surface area contributed by atoms with E-state index >= 15 is 0 Å². The van der Waals surface area contributed by atoms with Crippen LogP contribution in [-0.2, 0) is 10.6 Å². The van der Waals surface area contributed by atoms with Crippen molar-refractivity contribution in [2.45, 2.75) is 5.88 Å². The van der Waals surface area contributed by atoms with E-state index in [-0.39, 0.29) is 0 Å². The summed E-state index contributed by atoms with van der Waals surface area (Å²) in [5.74, 6) is 1.22. The maximum atomic E-state index is 5.99. The number of alkyl halides is 1. The molecule has 18 heavy (non-hydrogen) atoms. The first-order chi connectivity index (χ1) is 8.79. The topological polar surface area (TPSA) is 30.3 Å². The maximum Gasteiger partial charge on any atom is 0.143 e. The highest BCUT2D eigenvalue weighted by Gasteiger charge is 2.18. The van der Waals surface area contributed by atoms with Crippen molar-refractivity contribution in [3.05, 3.63) is 29.0 Å². The Kier molecular flexibility index (Phi) is 3.33. The van der Waals surface area contributed by atoms with Crippen molar-refractivity contribution < 1.29 is 4.74 Å². The lowest BCUT2D eigenvalue weighted by Crippen LogP contribution is -2.44. The first kappa shape index (κ1) is 12.1. The lowest BCUT2D eigenvalue weighted by Gasteiger charge is -2.31. The molecule has 1 fully saturated rings.